The first-order valence-corrected chi connectivity index (χ1v) is 6.86. The smallest absolute Gasteiger partial charge is 0.324 e. The van der Waals surface area contributed by atoms with E-state index in [9.17, 15) is 0 Å². The molecule has 0 bridgehead atoms. The highest BCUT2D eigenvalue weighted by Crippen LogP contribution is 2.40. The molecule has 0 amide bonds. The van der Waals surface area contributed by atoms with E-state index in [4.69, 9.17) is 37.9 Å². The van der Waals surface area contributed by atoms with Gasteiger partial charge in [-0.15, -0.1) is 0 Å². The molecule has 0 fully saturated rings. The Hall–Kier alpha value is -1.39. The number of hydrogen-bond acceptors (Lipinski definition) is 4. The molecule has 0 aliphatic heterocycles. The molecule has 0 aromatic heterocycles. The van der Waals surface area contributed by atoms with E-state index in [1.807, 2.05) is 6.07 Å². The first kappa shape index (κ1) is 16.7. The zero-order chi connectivity index (χ0) is 15.1. The van der Waals surface area contributed by atoms with Crippen molar-refractivity contribution in [1.82, 2.24) is 0 Å². The number of benzene rings is 1. The number of oxime groups is 1. The lowest BCUT2D eigenvalue weighted by molar-refractivity contribution is -0.0948. The van der Waals surface area contributed by atoms with Gasteiger partial charge in [-0.25, -0.2) is 0 Å². The van der Waals surface area contributed by atoms with Crippen molar-refractivity contribution in [2.24, 2.45) is 5.16 Å². The van der Waals surface area contributed by atoms with Gasteiger partial charge in [-0.2, -0.15) is 0 Å². The van der Waals surface area contributed by atoms with Crippen LogP contribution in [-0.2, 0) is 4.74 Å². The summed E-state index contributed by atoms with van der Waals surface area (Å²) in [7, 11) is 0. The summed E-state index contributed by atoms with van der Waals surface area (Å²) in [5.74, 6) is -1.16. The predicted octanol–water partition coefficient (Wildman–Crippen LogP) is 4.36. The number of rotatable bonds is 7. The van der Waals surface area contributed by atoms with Crippen molar-refractivity contribution in [1.29, 1.82) is 0 Å². The fraction of sp³-hybridized carbons (Fsp3) is 0.357. The highest BCUT2D eigenvalue weighted by Gasteiger charge is 2.53. The van der Waals surface area contributed by atoms with Crippen LogP contribution in [0.15, 0.2) is 47.8 Å². The van der Waals surface area contributed by atoms with Crippen molar-refractivity contribution in [2.75, 3.05) is 0 Å². The maximum Gasteiger partial charge on any atom is 0.324 e. The van der Waals surface area contributed by atoms with E-state index in [0.717, 1.165) is 6.21 Å². The van der Waals surface area contributed by atoms with Gasteiger partial charge >= 0.3 is 5.79 Å². The molecule has 1 rings (SSSR count). The Morgan fingerprint density at radius 3 is 2.45 bits per heavy atom. The summed E-state index contributed by atoms with van der Waals surface area (Å²) in [5.41, 5.74) is 0. The molecule has 0 heterocycles. The zero-order valence-corrected chi connectivity index (χ0v) is 12.8. The minimum Gasteiger partial charge on any atom is -0.453 e. The molecular weight excluding hydrogens is 301 g/mol. The second-order valence-electron chi connectivity index (χ2n) is 3.97. The van der Waals surface area contributed by atoms with Gasteiger partial charge in [0, 0.05) is 0 Å². The van der Waals surface area contributed by atoms with Gasteiger partial charge in [-0.3, -0.25) is 0 Å². The monoisotopic (exact) mass is 317 g/mol. The van der Waals surface area contributed by atoms with Crippen LogP contribution in [0.25, 0.3) is 0 Å². The molecule has 0 aliphatic carbocycles. The quantitative estimate of drug-likeness (QED) is 0.203. The lowest BCUT2D eigenvalue weighted by atomic mass is 10.1. The molecule has 20 heavy (non-hydrogen) atoms. The molecule has 110 valence electrons. The first-order chi connectivity index (χ1) is 9.51. The van der Waals surface area contributed by atoms with E-state index in [1.54, 1.807) is 44.2 Å². The Balaban J connectivity index is 3.22. The third kappa shape index (κ3) is 3.81. The lowest BCUT2D eigenvalue weighted by Gasteiger charge is -2.37. The predicted molar refractivity (Wildman–Crippen MR) is 80.7 cm³/mol. The third-order valence-corrected chi connectivity index (χ3v) is 3.63. The van der Waals surface area contributed by atoms with E-state index in [2.05, 4.69) is 5.16 Å². The Kier molecular flexibility index (Phi) is 6.17. The minimum absolute atomic E-state index is 0.312. The van der Waals surface area contributed by atoms with Crippen LogP contribution >= 0.6 is 23.2 Å². The molecule has 1 aromatic rings. The summed E-state index contributed by atoms with van der Waals surface area (Å²) in [6.45, 7) is 3.53. The Morgan fingerprint density at radius 1 is 1.30 bits per heavy atom. The second kappa shape index (κ2) is 7.41. The van der Waals surface area contributed by atoms with Gasteiger partial charge in [0.05, 0.1) is 6.26 Å². The second-order valence-corrected chi connectivity index (χ2v) is 5.46. The molecule has 1 atom stereocenters. The van der Waals surface area contributed by atoms with E-state index in [0.29, 0.717) is 12.2 Å². The largest absolute Gasteiger partial charge is 0.453 e. The number of para-hydroxylation sites is 1. The van der Waals surface area contributed by atoms with E-state index < -0.39 is 10.1 Å². The van der Waals surface area contributed by atoms with Crippen molar-refractivity contribution < 1.29 is 14.7 Å². The Labute approximate surface area is 128 Å². The van der Waals surface area contributed by atoms with Gasteiger partial charge in [-0.1, -0.05) is 59.6 Å². The van der Waals surface area contributed by atoms with Crippen LogP contribution in [0.2, 0.25) is 0 Å². The first-order valence-electron chi connectivity index (χ1n) is 6.10. The maximum absolute atomic E-state index is 8.91. The summed E-state index contributed by atoms with van der Waals surface area (Å²) in [6.07, 6.45) is 4.36. The van der Waals surface area contributed by atoms with Crippen LogP contribution in [0, 0.1) is 0 Å². The van der Waals surface area contributed by atoms with Crippen LogP contribution in [-0.4, -0.2) is 21.5 Å². The van der Waals surface area contributed by atoms with Gasteiger partial charge in [0.1, 0.15) is 12.0 Å². The van der Waals surface area contributed by atoms with Crippen molar-refractivity contribution in [3.8, 4) is 5.75 Å². The van der Waals surface area contributed by atoms with Crippen molar-refractivity contribution in [2.45, 2.75) is 30.4 Å². The minimum atomic E-state index is -1.65. The normalized spacial score (nSPS) is 15.4. The zero-order valence-electron chi connectivity index (χ0n) is 11.3. The van der Waals surface area contributed by atoms with Crippen LogP contribution in [0.4, 0.5) is 0 Å². The number of hydrogen-bond donors (Lipinski definition) is 1. The Morgan fingerprint density at radius 2 is 1.95 bits per heavy atom. The molecule has 0 aliphatic rings. The summed E-state index contributed by atoms with van der Waals surface area (Å²) in [5, 5.41) is 11.9. The van der Waals surface area contributed by atoms with Gasteiger partial charge in [0.15, 0.2) is 4.33 Å². The lowest BCUT2D eigenvalue weighted by Crippen LogP contribution is -2.54. The van der Waals surface area contributed by atoms with Crippen LogP contribution in [0.5, 0.6) is 5.75 Å². The highest BCUT2D eigenvalue weighted by atomic mass is 35.5. The summed E-state index contributed by atoms with van der Waals surface area (Å²) < 4.78 is 9.81. The fourth-order valence-corrected chi connectivity index (χ4v) is 1.76. The highest BCUT2D eigenvalue weighted by molar-refractivity contribution is 6.50. The topological polar surface area (TPSA) is 51.0 Å². The molecular formula is C14H17Cl2NO3. The number of alkyl halides is 2. The van der Waals surface area contributed by atoms with Crippen LogP contribution in [0.3, 0.4) is 0 Å². The van der Waals surface area contributed by atoms with Gasteiger partial charge in [0.2, 0.25) is 0 Å². The molecule has 4 nitrogen and oxygen atoms in total. The number of ether oxygens (including phenoxy) is 2. The fourth-order valence-electron chi connectivity index (χ4n) is 1.49. The Bertz CT molecular complexity index is 463. The number of halogens is 2. The SMILES string of the molecule is CC=COC(C=NO)(Oc1ccccc1)C(Cl)(Cl)CC. The van der Waals surface area contributed by atoms with Crippen molar-refractivity contribution in [3.63, 3.8) is 0 Å². The number of allylic oxidation sites excluding steroid dienone is 1. The van der Waals surface area contributed by atoms with Crippen molar-refractivity contribution in [3.05, 3.63) is 42.7 Å². The standard InChI is InChI=1S/C14H17Cl2NO3/c1-3-10-19-14(11-17-18,13(15,16)4-2)20-12-8-6-5-7-9-12/h3,5-11,18H,4H2,1-2H3. The van der Waals surface area contributed by atoms with Gasteiger partial charge in [0.25, 0.3) is 0 Å². The summed E-state index contributed by atoms with van der Waals surface area (Å²) in [6, 6.07) is 8.87. The molecule has 6 heteroatoms. The van der Waals surface area contributed by atoms with Crippen molar-refractivity contribution >= 4 is 29.4 Å². The summed E-state index contributed by atoms with van der Waals surface area (Å²) >= 11 is 12.6. The molecule has 1 aromatic carbocycles. The molecule has 0 saturated heterocycles. The molecule has 1 N–H and O–H groups in total. The van der Waals surface area contributed by atoms with Gasteiger partial charge in [-0.05, 0) is 25.5 Å². The average Bonchev–Trinajstić information content (AvgIpc) is 2.46. The average molecular weight is 318 g/mol. The molecule has 0 radical (unpaired) electrons. The maximum atomic E-state index is 8.91. The van der Waals surface area contributed by atoms with E-state index in [-0.39, 0.29) is 0 Å². The van der Waals surface area contributed by atoms with Crippen LogP contribution in [0.1, 0.15) is 20.3 Å². The van der Waals surface area contributed by atoms with E-state index >= 15 is 0 Å². The third-order valence-electron chi connectivity index (χ3n) is 2.57. The van der Waals surface area contributed by atoms with E-state index in [1.165, 1.54) is 6.26 Å². The molecule has 0 spiro atoms. The number of nitrogens with zero attached hydrogens (tertiary/aromatic N) is 1. The van der Waals surface area contributed by atoms with Gasteiger partial charge < -0.3 is 14.7 Å². The van der Waals surface area contributed by atoms with Crippen LogP contribution < -0.4 is 4.74 Å². The summed E-state index contributed by atoms with van der Waals surface area (Å²) in [4.78, 5) is 0. The molecule has 1 unspecified atom stereocenters. The molecule has 0 saturated carbocycles.